The number of nitrogens with one attached hydrogen (secondary N) is 2. The van der Waals surface area contributed by atoms with E-state index in [0.29, 0.717) is 30.8 Å². The summed E-state index contributed by atoms with van der Waals surface area (Å²) in [5.41, 5.74) is 2.74. The average molecular weight is 467 g/mol. The van der Waals surface area contributed by atoms with E-state index in [1.165, 1.54) is 22.3 Å². The van der Waals surface area contributed by atoms with Crippen LogP contribution in [0.15, 0.2) is 34.9 Å². The van der Waals surface area contributed by atoms with Crippen LogP contribution in [0.4, 0.5) is 0 Å². The molecule has 1 aliphatic heterocycles. The van der Waals surface area contributed by atoms with Crippen LogP contribution in [-0.2, 0) is 27.2 Å². The maximum Gasteiger partial charge on any atom is 0.249 e. The number of amides is 3. The molecule has 3 atom stereocenters. The zero-order valence-corrected chi connectivity index (χ0v) is 20.5. The molecule has 8 heteroatoms. The third-order valence-corrected chi connectivity index (χ3v) is 6.58. The first-order valence-electron chi connectivity index (χ1n) is 12.1. The quantitative estimate of drug-likeness (QED) is 0.653. The first kappa shape index (κ1) is 24.0. The average Bonchev–Trinajstić information content (AvgIpc) is 3.38. The minimum absolute atomic E-state index is 0.0656. The molecule has 2 heterocycles. The number of carbonyl (C=O) groups is 3. The standard InChI is InChI=1S/C26H34N4O4/c1-14(2)10-21-24(31)29-22(19-11-17-8-6-7-9-18(17)12-19)26(33)30(21)23(25(32)27-15(3)4)20-13-34-16(5)28-20/h6-9,13-15,19,21-23H,10-12H2,1-5H3,(H,27,32)(H,29,31)/t21-,22-,23?/m1/s1. The van der Waals surface area contributed by atoms with Gasteiger partial charge in [0.05, 0.1) is 0 Å². The summed E-state index contributed by atoms with van der Waals surface area (Å²) in [6.45, 7) is 9.41. The van der Waals surface area contributed by atoms with E-state index in [1.54, 1.807) is 6.92 Å². The van der Waals surface area contributed by atoms with Crippen LogP contribution in [0.5, 0.6) is 0 Å². The molecule has 0 radical (unpaired) electrons. The molecule has 2 aliphatic rings. The summed E-state index contributed by atoms with van der Waals surface area (Å²) in [5, 5.41) is 5.92. The maximum absolute atomic E-state index is 14.1. The van der Waals surface area contributed by atoms with Gasteiger partial charge in [0.15, 0.2) is 11.9 Å². The minimum atomic E-state index is -1.05. The highest BCUT2D eigenvalue weighted by Gasteiger charge is 2.50. The lowest BCUT2D eigenvalue weighted by Crippen LogP contribution is -2.67. The Kier molecular flexibility index (Phi) is 6.77. The Morgan fingerprint density at radius 2 is 1.82 bits per heavy atom. The Hall–Kier alpha value is -3.16. The summed E-state index contributed by atoms with van der Waals surface area (Å²) >= 11 is 0. The van der Waals surface area contributed by atoms with Crippen LogP contribution in [-0.4, -0.2) is 45.7 Å². The maximum atomic E-state index is 14.1. The zero-order chi connectivity index (χ0) is 24.6. The normalized spacial score (nSPS) is 21.7. The van der Waals surface area contributed by atoms with Gasteiger partial charge in [-0.15, -0.1) is 0 Å². The van der Waals surface area contributed by atoms with Gasteiger partial charge in [-0.05, 0) is 56.1 Å². The second kappa shape index (κ2) is 9.60. The zero-order valence-electron chi connectivity index (χ0n) is 20.5. The van der Waals surface area contributed by atoms with Gasteiger partial charge < -0.3 is 20.0 Å². The molecule has 1 fully saturated rings. The summed E-state index contributed by atoms with van der Waals surface area (Å²) in [6.07, 6.45) is 3.27. The van der Waals surface area contributed by atoms with Gasteiger partial charge in [-0.1, -0.05) is 38.1 Å². The van der Waals surface area contributed by atoms with Crippen molar-refractivity contribution in [2.24, 2.45) is 11.8 Å². The first-order chi connectivity index (χ1) is 16.2. The van der Waals surface area contributed by atoms with Crippen molar-refractivity contribution in [3.05, 3.63) is 53.2 Å². The molecule has 1 aliphatic carbocycles. The Morgan fingerprint density at radius 1 is 1.18 bits per heavy atom. The molecular formula is C26H34N4O4. The number of aromatic nitrogens is 1. The largest absolute Gasteiger partial charge is 0.449 e. The van der Waals surface area contributed by atoms with E-state index < -0.39 is 18.1 Å². The predicted molar refractivity (Wildman–Crippen MR) is 127 cm³/mol. The van der Waals surface area contributed by atoms with E-state index in [4.69, 9.17) is 4.42 Å². The molecule has 1 aromatic carbocycles. The lowest BCUT2D eigenvalue weighted by molar-refractivity contribution is -0.158. The van der Waals surface area contributed by atoms with Gasteiger partial charge in [0.25, 0.3) is 0 Å². The SMILES string of the molecule is Cc1nc(C(C(=O)NC(C)C)N2C(=O)[C@@H](C3Cc4ccccc4C3)NC(=O)[C@H]2CC(C)C)co1. The number of rotatable bonds is 7. The van der Waals surface area contributed by atoms with Crippen molar-refractivity contribution in [1.29, 1.82) is 0 Å². The van der Waals surface area contributed by atoms with E-state index in [0.717, 1.165) is 0 Å². The molecule has 2 aromatic rings. The molecule has 0 spiro atoms. The fourth-order valence-corrected chi connectivity index (χ4v) is 5.15. The lowest BCUT2D eigenvalue weighted by Gasteiger charge is -2.44. The summed E-state index contributed by atoms with van der Waals surface area (Å²) in [4.78, 5) is 46.8. The molecule has 2 N–H and O–H groups in total. The van der Waals surface area contributed by atoms with Crippen LogP contribution in [0.25, 0.3) is 0 Å². The number of aryl methyl sites for hydroxylation is 1. The number of hydrogen-bond acceptors (Lipinski definition) is 5. The summed E-state index contributed by atoms with van der Waals surface area (Å²) in [5.74, 6) is -0.358. The third-order valence-electron chi connectivity index (χ3n) is 6.58. The predicted octanol–water partition coefficient (Wildman–Crippen LogP) is 2.71. The number of oxazole rings is 1. The number of hydrogen-bond donors (Lipinski definition) is 2. The Morgan fingerprint density at radius 3 is 2.35 bits per heavy atom. The Balaban J connectivity index is 1.73. The second-order valence-corrected chi connectivity index (χ2v) is 10.2. The topological polar surface area (TPSA) is 105 Å². The number of piperazine rings is 1. The molecule has 1 saturated heterocycles. The highest BCUT2D eigenvalue weighted by atomic mass is 16.3. The third kappa shape index (κ3) is 4.72. The molecule has 34 heavy (non-hydrogen) atoms. The molecule has 182 valence electrons. The molecule has 1 aromatic heterocycles. The van der Waals surface area contributed by atoms with E-state index in [1.807, 2.05) is 39.8 Å². The number of nitrogens with zero attached hydrogens (tertiary/aromatic N) is 2. The smallest absolute Gasteiger partial charge is 0.249 e. The molecule has 3 amide bonds. The summed E-state index contributed by atoms with van der Waals surface area (Å²) < 4.78 is 5.41. The number of fused-ring (bicyclic) bond motifs is 1. The van der Waals surface area contributed by atoms with E-state index in [-0.39, 0.29) is 35.6 Å². The van der Waals surface area contributed by atoms with E-state index in [2.05, 4.69) is 27.8 Å². The molecule has 8 nitrogen and oxygen atoms in total. The molecule has 0 saturated carbocycles. The van der Waals surface area contributed by atoms with Gasteiger partial charge in [-0.25, -0.2) is 4.98 Å². The fraction of sp³-hybridized carbons (Fsp3) is 0.538. The van der Waals surface area contributed by atoms with Crippen molar-refractivity contribution in [2.45, 2.75) is 78.0 Å². The fourth-order valence-electron chi connectivity index (χ4n) is 5.15. The van der Waals surface area contributed by atoms with Crippen molar-refractivity contribution in [3.8, 4) is 0 Å². The van der Waals surface area contributed by atoms with Crippen molar-refractivity contribution >= 4 is 17.7 Å². The second-order valence-electron chi connectivity index (χ2n) is 10.2. The van der Waals surface area contributed by atoms with Crippen molar-refractivity contribution < 1.29 is 18.8 Å². The van der Waals surface area contributed by atoms with Crippen molar-refractivity contribution in [3.63, 3.8) is 0 Å². The van der Waals surface area contributed by atoms with Gasteiger partial charge in [-0.3, -0.25) is 14.4 Å². The lowest BCUT2D eigenvalue weighted by atomic mass is 9.88. The van der Waals surface area contributed by atoms with Gasteiger partial charge >= 0.3 is 0 Å². The summed E-state index contributed by atoms with van der Waals surface area (Å²) in [6, 6.07) is 5.47. The van der Waals surface area contributed by atoms with Crippen LogP contribution < -0.4 is 10.6 Å². The molecule has 1 unspecified atom stereocenters. The number of carbonyl (C=O) groups excluding carboxylic acids is 3. The van der Waals surface area contributed by atoms with Crippen LogP contribution in [0.1, 0.15) is 62.9 Å². The molecule has 4 rings (SSSR count). The van der Waals surface area contributed by atoms with Crippen LogP contribution >= 0.6 is 0 Å². The van der Waals surface area contributed by atoms with Gasteiger partial charge in [-0.2, -0.15) is 0 Å². The van der Waals surface area contributed by atoms with Crippen molar-refractivity contribution in [2.75, 3.05) is 0 Å². The summed E-state index contributed by atoms with van der Waals surface area (Å²) in [7, 11) is 0. The van der Waals surface area contributed by atoms with E-state index in [9.17, 15) is 14.4 Å². The van der Waals surface area contributed by atoms with Crippen molar-refractivity contribution in [1.82, 2.24) is 20.5 Å². The minimum Gasteiger partial charge on any atom is -0.449 e. The van der Waals surface area contributed by atoms with Crippen LogP contribution in [0, 0.1) is 18.8 Å². The van der Waals surface area contributed by atoms with Gasteiger partial charge in [0.2, 0.25) is 17.7 Å². The Labute approximate surface area is 200 Å². The van der Waals surface area contributed by atoms with Gasteiger partial charge in [0.1, 0.15) is 24.0 Å². The highest BCUT2D eigenvalue weighted by Crippen LogP contribution is 2.35. The first-order valence-corrected chi connectivity index (χ1v) is 12.1. The number of benzene rings is 1. The van der Waals surface area contributed by atoms with Gasteiger partial charge in [0, 0.05) is 13.0 Å². The highest BCUT2D eigenvalue weighted by molar-refractivity contribution is 6.00. The monoisotopic (exact) mass is 466 g/mol. The Bertz CT molecular complexity index is 1050. The van der Waals surface area contributed by atoms with Crippen LogP contribution in [0.2, 0.25) is 0 Å². The van der Waals surface area contributed by atoms with Crippen LogP contribution in [0.3, 0.4) is 0 Å². The molecular weight excluding hydrogens is 432 g/mol. The van der Waals surface area contributed by atoms with E-state index >= 15 is 0 Å². The molecule has 0 bridgehead atoms.